The molecule has 10 nitrogen and oxygen atoms in total. The normalized spacial score (nSPS) is 12.1. The van der Waals surface area contributed by atoms with Gasteiger partial charge in [0.15, 0.2) is 0 Å². The van der Waals surface area contributed by atoms with E-state index in [4.69, 9.17) is 27.9 Å². The highest BCUT2D eigenvalue weighted by molar-refractivity contribution is 6.30. The SMILES string of the molecule is Cc1c(C)n(Cc2ccc(-c3ccccc3C(=O)O)cc2)c2ccc(C(=O)N[C@@H](C)c3ccc(Cl)cc3)cc12.Cc1c(C)n(Cc2ccc(-c3ccccc3C(=O)OC(C)(C)C)cc2)c2ccc(C(=O)N[C@@H](C)c3ccc(Cl)cc3)cc12. The number of fused-ring (bicyclic) bond motifs is 2. The summed E-state index contributed by atoms with van der Waals surface area (Å²) < 4.78 is 10.2. The summed E-state index contributed by atoms with van der Waals surface area (Å²) in [6.45, 7) is 19.3. The Labute approximate surface area is 489 Å². The molecular weight excluding hydrogens is 1060 g/mol. The Balaban J connectivity index is 0.000000198. The van der Waals surface area contributed by atoms with E-state index < -0.39 is 11.6 Å². The molecular formula is C70H66Cl2N4O6. The molecule has 12 heteroatoms. The van der Waals surface area contributed by atoms with Gasteiger partial charge in [-0.3, -0.25) is 9.59 Å². The van der Waals surface area contributed by atoms with Crippen molar-refractivity contribution in [2.24, 2.45) is 0 Å². The third-order valence-corrected chi connectivity index (χ3v) is 15.7. The van der Waals surface area contributed by atoms with Crippen LogP contribution in [0, 0.1) is 27.7 Å². The molecule has 0 aliphatic carbocycles. The molecule has 8 aromatic carbocycles. The number of aromatic carboxylic acids is 1. The van der Waals surface area contributed by atoms with Gasteiger partial charge in [-0.05, 0) is 191 Å². The molecule has 0 saturated carbocycles. The van der Waals surface area contributed by atoms with Gasteiger partial charge in [-0.15, -0.1) is 0 Å². The monoisotopic (exact) mass is 1130 g/mol. The van der Waals surface area contributed by atoms with Gasteiger partial charge in [0.05, 0.1) is 23.2 Å². The number of hydrogen-bond acceptors (Lipinski definition) is 5. The Kier molecular flexibility index (Phi) is 17.4. The topological polar surface area (TPSA) is 132 Å². The molecule has 10 rings (SSSR count). The number of ether oxygens (including phenoxy) is 1. The number of esters is 1. The molecule has 0 aliphatic heterocycles. The van der Waals surface area contributed by atoms with E-state index in [2.05, 4.69) is 71.7 Å². The van der Waals surface area contributed by atoms with E-state index >= 15 is 0 Å². The van der Waals surface area contributed by atoms with Crippen molar-refractivity contribution in [3.63, 3.8) is 0 Å². The zero-order chi connectivity index (χ0) is 58.6. The number of amides is 2. The summed E-state index contributed by atoms with van der Waals surface area (Å²) >= 11 is 12.0. The fourth-order valence-corrected chi connectivity index (χ4v) is 10.6. The molecule has 2 amide bonds. The number of nitrogens with zero attached hydrogens (tertiary/aromatic N) is 2. The maximum Gasteiger partial charge on any atom is 0.339 e. The van der Waals surface area contributed by atoms with E-state index in [0.717, 1.165) is 83.3 Å². The van der Waals surface area contributed by atoms with Crippen molar-refractivity contribution in [3.8, 4) is 22.3 Å². The fourth-order valence-electron chi connectivity index (χ4n) is 10.3. The third kappa shape index (κ3) is 13.1. The van der Waals surface area contributed by atoms with Crippen molar-refractivity contribution < 1.29 is 29.0 Å². The van der Waals surface area contributed by atoms with Crippen molar-refractivity contribution in [2.45, 2.75) is 93.1 Å². The van der Waals surface area contributed by atoms with Gasteiger partial charge in [-0.2, -0.15) is 0 Å². The first-order chi connectivity index (χ1) is 39.1. The van der Waals surface area contributed by atoms with Crippen molar-refractivity contribution in [1.82, 2.24) is 19.8 Å². The fraction of sp³-hybridized carbons (Fsp3) is 0.200. The summed E-state index contributed by atoms with van der Waals surface area (Å²) in [7, 11) is 0. The van der Waals surface area contributed by atoms with Crippen LogP contribution in [0.5, 0.6) is 0 Å². The molecule has 416 valence electrons. The van der Waals surface area contributed by atoms with E-state index in [1.807, 2.05) is 180 Å². The number of carboxylic acids is 1. The number of benzene rings is 8. The largest absolute Gasteiger partial charge is 0.478 e. The molecule has 0 aliphatic rings. The van der Waals surface area contributed by atoms with Crippen LogP contribution in [0.4, 0.5) is 0 Å². The average Bonchev–Trinajstić information content (AvgIpc) is 3.85. The highest BCUT2D eigenvalue weighted by Gasteiger charge is 2.22. The summed E-state index contributed by atoms with van der Waals surface area (Å²) in [5.41, 5.74) is 15.8. The predicted octanol–water partition coefficient (Wildman–Crippen LogP) is 16.9. The zero-order valence-electron chi connectivity index (χ0n) is 47.5. The Hall–Kier alpha value is -8.70. The van der Waals surface area contributed by atoms with Crippen molar-refractivity contribution in [2.75, 3.05) is 0 Å². The Morgan fingerprint density at radius 3 is 1.28 bits per heavy atom. The van der Waals surface area contributed by atoms with Gasteiger partial charge in [0.25, 0.3) is 11.8 Å². The number of aromatic nitrogens is 2. The number of carbonyl (C=O) groups is 4. The number of carboxylic acid groups (broad SMARTS) is 1. The molecule has 2 atom stereocenters. The summed E-state index contributed by atoms with van der Waals surface area (Å²) in [5.74, 6) is -1.51. The van der Waals surface area contributed by atoms with E-state index in [9.17, 15) is 24.3 Å². The van der Waals surface area contributed by atoms with Crippen LogP contribution in [-0.2, 0) is 17.8 Å². The van der Waals surface area contributed by atoms with Crippen LogP contribution < -0.4 is 10.6 Å². The Morgan fingerprint density at radius 1 is 0.512 bits per heavy atom. The van der Waals surface area contributed by atoms with Gasteiger partial charge in [0.1, 0.15) is 5.60 Å². The minimum Gasteiger partial charge on any atom is -0.478 e. The molecule has 0 fully saturated rings. The molecule has 0 radical (unpaired) electrons. The lowest BCUT2D eigenvalue weighted by Crippen LogP contribution is -2.26. The quantitative estimate of drug-likeness (QED) is 0.0930. The lowest BCUT2D eigenvalue weighted by atomic mass is 9.98. The molecule has 0 bridgehead atoms. The van der Waals surface area contributed by atoms with Crippen molar-refractivity contribution >= 4 is 68.8 Å². The van der Waals surface area contributed by atoms with E-state index in [-0.39, 0.29) is 35.4 Å². The first-order valence-corrected chi connectivity index (χ1v) is 28.0. The second-order valence-electron chi connectivity index (χ2n) is 21.8. The number of aryl methyl sites for hydroxylation is 2. The summed E-state index contributed by atoms with van der Waals surface area (Å²) in [6.07, 6.45) is 0. The van der Waals surface area contributed by atoms with Crippen LogP contribution in [0.15, 0.2) is 182 Å². The highest BCUT2D eigenvalue weighted by atomic mass is 35.5. The van der Waals surface area contributed by atoms with Gasteiger partial charge in [0, 0.05) is 67.5 Å². The third-order valence-electron chi connectivity index (χ3n) is 15.2. The molecule has 2 heterocycles. The van der Waals surface area contributed by atoms with Crippen LogP contribution in [-0.4, -0.2) is 43.6 Å². The Bertz CT molecular complexity index is 4000. The van der Waals surface area contributed by atoms with E-state index in [1.54, 1.807) is 12.1 Å². The zero-order valence-corrected chi connectivity index (χ0v) is 49.0. The maximum atomic E-state index is 13.1. The van der Waals surface area contributed by atoms with Crippen molar-refractivity contribution in [3.05, 3.63) is 259 Å². The first kappa shape index (κ1) is 58.0. The first-order valence-electron chi connectivity index (χ1n) is 27.3. The Morgan fingerprint density at radius 2 is 0.890 bits per heavy atom. The van der Waals surface area contributed by atoms with Crippen LogP contribution in [0.2, 0.25) is 10.0 Å². The molecule has 0 spiro atoms. The summed E-state index contributed by atoms with van der Waals surface area (Å²) in [6, 6.07) is 57.3. The number of carbonyl (C=O) groups excluding carboxylic acids is 3. The minimum absolute atomic E-state index is 0.114. The van der Waals surface area contributed by atoms with Crippen LogP contribution in [0.3, 0.4) is 0 Å². The lowest BCUT2D eigenvalue weighted by molar-refractivity contribution is 0.00699. The smallest absolute Gasteiger partial charge is 0.339 e. The second-order valence-corrected chi connectivity index (χ2v) is 22.7. The molecule has 0 saturated heterocycles. The number of halogens is 2. The molecule has 0 unspecified atom stereocenters. The van der Waals surface area contributed by atoms with Crippen molar-refractivity contribution in [1.29, 1.82) is 0 Å². The predicted molar refractivity (Wildman–Crippen MR) is 332 cm³/mol. The number of hydrogen-bond donors (Lipinski definition) is 3. The van der Waals surface area contributed by atoms with Gasteiger partial charge in [-0.25, -0.2) is 9.59 Å². The van der Waals surface area contributed by atoms with Crippen LogP contribution in [0.25, 0.3) is 44.1 Å². The van der Waals surface area contributed by atoms with Gasteiger partial charge in [-0.1, -0.05) is 132 Å². The van der Waals surface area contributed by atoms with E-state index in [0.29, 0.717) is 45.4 Å². The number of rotatable bonds is 14. The summed E-state index contributed by atoms with van der Waals surface area (Å²) in [5, 5.41) is 19.2. The van der Waals surface area contributed by atoms with Gasteiger partial charge in [0.2, 0.25) is 0 Å². The van der Waals surface area contributed by atoms with Crippen LogP contribution >= 0.6 is 23.2 Å². The number of nitrogens with one attached hydrogen (secondary N) is 2. The average molecular weight is 1130 g/mol. The molecule has 10 aromatic rings. The minimum atomic E-state index is -0.938. The maximum absolute atomic E-state index is 13.1. The molecule has 3 N–H and O–H groups in total. The van der Waals surface area contributed by atoms with Gasteiger partial charge < -0.3 is 29.6 Å². The summed E-state index contributed by atoms with van der Waals surface area (Å²) in [4.78, 5) is 50.7. The molecule has 82 heavy (non-hydrogen) atoms. The second kappa shape index (κ2) is 24.6. The van der Waals surface area contributed by atoms with E-state index in [1.165, 1.54) is 0 Å². The lowest BCUT2D eigenvalue weighted by Gasteiger charge is -2.20. The molecule has 2 aromatic heterocycles. The standard InChI is InChI=1S/C37H37ClN2O3.C33H29ClN2O3/c1-23-25(3)40(34-20-17-29(21-33(23)34)35(41)39-24(2)27-15-18-30(38)19-16-27)22-26-11-13-28(14-12-26)31-9-7-8-10-32(31)36(42)43-37(4,5)6;1-20-22(3)36(19-23-8-10-25(11-9-23)28-6-4-5-7-29(28)33(38)39)31-17-14-26(18-30(20)31)32(37)35-21(2)24-12-15-27(34)16-13-24/h7-21,24H,22H2,1-6H3,(H,39,41);4-18,21H,19H2,1-3H3,(H,35,37)(H,38,39)/t24-;21-/m00/s1. The van der Waals surface area contributed by atoms with Gasteiger partial charge >= 0.3 is 11.9 Å². The highest BCUT2D eigenvalue weighted by Crippen LogP contribution is 2.32. The van der Waals surface area contributed by atoms with Crippen LogP contribution in [0.1, 0.15) is 133 Å².